The zero-order chi connectivity index (χ0) is 15.8. The number of benzene rings is 1. The van der Waals surface area contributed by atoms with Gasteiger partial charge in [0.15, 0.2) is 5.11 Å². The number of amides is 2. The minimum absolute atomic E-state index is 0.0738. The van der Waals surface area contributed by atoms with E-state index in [9.17, 15) is 9.59 Å². The lowest BCUT2D eigenvalue weighted by atomic mass is 9.95. The average molecular weight is 319 g/mol. The van der Waals surface area contributed by atoms with Crippen molar-refractivity contribution in [1.82, 2.24) is 16.0 Å². The third kappa shape index (κ3) is 5.44. The first-order valence-corrected chi connectivity index (χ1v) is 7.99. The fraction of sp³-hybridized carbons (Fsp3) is 0.438. The third-order valence-corrected chi connectivity index (χ3v) is 3.89. The lowest BCUT2D eigenvalue weighted by Gasteiger charge is -2.22. The molecule has 3 N–H and O–H groups in total. The van der Waals surface area contributed by atoms with E-state index in [1.54, 1.807) is 24.3 Å². The molecule has 6 heteroatoms. The lowest BCUT2D eigenvalue weighted by Crippen LogP contribution is -2.46. The Morgan fingerprint density at radius 1 is 1.09 bits per heavy atom. The predicted octanol–water partition coefficient (Wildman–Crippen LogP) is 1.74. The van der Waals surface area contributed by atoms with Gasteiger partial charge in [-0.25, -0.2) is 0 Å². The van der Waals surface area contributed by atoms with Crippen LogP contribution in [0.1, 0.15) is 42.5 Å². The molecular weight excluding hydrogens is 298 g/mol. The van der Waals surface area contributed by atoms with Gasteiger partial charge in [-0.3, -0.25) is 14.9 Å². The minimum Gasteiger partial charge on any atom is -0.353 e. The van der Waals surface area contributed by atoms with Crippen LogP contribution in [0.5, 0.6) is 0 Å². The smallest absolute Gasteiger partial charge is 0.257 e. The Bertz CT molecular complexity index is 527. The maximum Gasteiger partial charge on any atom is 0.257 e. The molecule has 1 aromatic rings. The summed E-state index contributed by atoms with van der Waals surface area (Å²) in [7, 11) is 0. The minimum atomic E-state index is -0.286. The van der Waals surface area contributed by atoms with Gasteiger partial charge in [-0.15, -0.1) is 0 Å². The van der Waals surface area contributed by atoms with Crippen LogP contribution >= 0.6 is 12.2 Å². The van der Waals surface area contributed by atoms with Crippen LogP contribution in [-0.4, -0.2) is 29.5 Å². The van der Waals surface area contributed by atoms with E-state index in [4.69, 9.17) is 12.2 Å². The van der Waals surface area contributed by atoms with E-state index in [0.717, 1.165) is 12.8 Å². The van der Waals surface area contributed by atoms with Crippen molar-refractivity contribution in [3.63, 3.8) is 0 Å². The van der Waals surface area contributed by atoms with Crippen LogP contribution < -0.4 is 16.0 Å². The first-order chi connectivity index (χ1) is 10.6. The first kappa shape index (κ1) is 16.4. The number of rotatable bonds is 4. The van der Waals surface area contributed by atoms with Crippen LogP contribution in [0.15, 0.2) is 30.3 Å². The third-order valence-electron chi connectivity index (χ3n) is 3.64. The van der Waals surface area contributed by atoms with Gasteiger partial charge < -0.3 is 10.6 Å². The maximum atomic E-state index is 11.9. The van der Waals surface area contributed by atoms with Gasteiger partial charge >= 0.3 is 0 Å². The van der Waals surface area contributed by atoms with Gasteiger partial charge in [0.05, 0.1) is 6.54 Å². The second-order valence-corrected chi connectivity index (χ2v) is 5.81. The van der Waals surface area contributed by atoms with Crippen molar-refractivity contribution in [2.45, 2.75) is 38.1 Å². The zero-order valence-electron chi connectivity index (χ0n) is 12.4. The summed E-state index contributed by atoms with van der Waals surface area (Å²) in [5.41, 5.74) is 0.526. The van der Waals surface area contributed by atoms with E-state index in [-0.39, 0.29) is 29.5 Å². The SMILES string of the molecule is O=C(CNC(=S)NC(=O)c1ccccc1)NC1CCCCC1. The monoisotopic (exact) mass is 319 g/mol. The summed E-state index contributed by atoms with van der Waals surface area (Å²) in [4.78, 5) is 23.7. The van der Waals surface area contributed by atoms with E-state index < -0.39 is 0 Å². The van der Waals surface area contributed by atoms with Crippen molar-refractivity contribution in [3.05, 3.63) is 35.9 Å². The molecule has 2 rings (SSSR count). The molecule has 22 heavy (non-hydrogen) atoms. The van der Waals surface area contributed by atoms with E-state index in [1.165, 1.54) is 19.3 Å². The van der Waals surface area contributed by atoms with Crippen LogP contribution in [0.2, 0.25) is 0 Å². The quantitative estimate of drug-likeness (QED) is 0.739. The molecule has 0 spiro atoms. The highest BCUT2D eigenvalue weighted by Gasteiger charge is 2.15. The van der Waals surface area contributed by atoms with Crippen LogP contribution in [0.3, 0.4) is 0 Å². The standard InChI is InChI=1S/C16H21N3O2S/c20-14(18-13-9-5-2-6-10-13)11-17-16(22)19-15(21)12-7-3-1-4-8-12/h1,3-4,7-8,13H,2,5-6,9-11H2,(H,18,20)(H2,17,19,21,22). The summed E-state index contributed by atoms with van der Waals surface area (Å²) in [5, 5.41) is 8.46. The molecule has 0 unspecified atom stereocenters. The van der Waals surface area contributed by atoms with E-state index >= 15 is 0 Å². The Morgan fingerprint density at radius 3 is 2.45 bits per heavy atom. The lowest BCUT2D eigenvalue weighted by molar-refractivity contribution is -0.120. The Labute approximate surface area is 135 Å². The molecule has 0 aliphatic heterocycles. The van der Waals surface area contributed by atoms with Crippen molar-refractivity contribution >= 4 is 29.1 Å². The number of hydrogen-bond acceptors (Lipinski definition) is 3. The van der Waals surface area contributed by atoms with Gasteiger partial charge in [-0.05, 0) is 37.2 Å². The van der Waals surface area contributed by atoms with E-state index in [0.29, 0.717) is 5.56 Å². The van der Waals surface area contributed by atoms with Gasteiger partial charge in [-0.1, -0.05) is 37.5 Å². The average Bonchev–Trinajstić information content (AvgIpc) is 2.55. The number of thiocarbonyl (C=S) groups is 1. The normalized spacial score (nSPS) is 14.9. The molecule has 0 radical (unpaired) electrons. The predicted molar refractivity (Wildman–Crippen MR) is 89.5 cm³/mol. The fourth-order valence-electron chi connectivity index (χ4n) is 2.50. The number of carbonyl (C=O) groups excluding carboxylic acids is 2. The van der Waals surface area contributed by atoms with Crippen molar-refractivity contribution in [3.8, 4) is 0 Å². The molecular formula is C16H21N3O2S. The van der Waals surface area contributed by atoms with E-state index in [2.05, 4.69) is 16.0 Å². The van der Waals surface area contributed by atoms with Gasteiger partial charge in [-0.2, -0.15) is 0 Å². The number of nitrogens with one attached hydrogen (secondary N) is 3. The topological polar surface area (TPSA) is 70.2 Å². The highest BCUT2D eigenvalue weighted by molar-refractivity contribution is 7.80. The second-order valence-electron chi connectivity index (χ2n) is 5.41. The summed E-state index contributed by atoms with van der Waals surface area (Å²) in [5.74, 6) is -0.381. The molecule has 5 nitrogen and oxygen atoms in total. The van der Waals surface area contributed by atoms with Crippen LogP contribution in [0.4, 0.5) is 0 Å². The van der Waals surface area contributed by atoms with Crippen LogP contribution in [0.25, 0.3) is 0 Å². The molecule has 0 bridgehead atoms. The molecule has 2 amide bonds. The van der Waals surface area contributed by atoms with Crippen molar-refractivity contribution < 1.29 is 9.59 Å². The Morgan fingerprint density at radius 2 is 1.77 bits per heavy atom. The summed E-state index contributed by atoms with van der Waals surface area (Å²) in [6, 6.07) is 9.08. The van der Waals surface area contributed by atoms with Gasteiger partial charge in [0.25, 0.3) is 5.91 Å². The molecule has 0 heterocycles. The summed E-state index contributed by atoms with van der Waals surface area (Å²) < 4.78 is 0. The summed E-state index contributed by atoms with van der Waals surface area (Å²) in [6.45, 7) is 0.0738. The largest absolute Gasteiger partial charge is 0.353 e. The van der Waals surface area contributed by atoms with Crippen LogP contribution in [-0.2, 0) is 4.79 Å². The molecule has 1 aliphatic carbocycles. The van der Waals surface area contributed by atoms with Gasteiger partial charge in [0, 0.05) is 11.6 Å². The number of carbonyl (C=O) groups is 2. The highest BCUT2D eigenvalue weighted by atomic mass is 32.1. The molecule has 118 valence electrons. The molecule has 1 aliphatic rings. The molecule has 0 saturated heterocycles. The first-order valence-electron chi connectivity index (χ1n) is 7.59. The Hall–Kier alpha value is -1.95. The summed E-state index contributed by atoms with van der Waals surface area (Å²) in [6.07, 6.45) is 5.68. The fourth-order valence-corrected chi connectivity index (χ4v) is 2.66. The molecule has 1 saturated carbocycles. The Kier molecular flexibility index (Phi) is 6.33. The van der Waals surface area contributed by atoms with Crippen molar-refractivity contribution in [2.75, 3.05) is 6.54 Å². The highest BCUT2D eigenvalue weighted by Crippen LogP contribution is 2.17. The molecule has 0 atom stereocenters. The van der Waals surface area contributed by atoms with Crippen molar-refractivity contribution in [2.24, 2.45) is 0 Å². The Balaban J connectivity index is 1.68. The van der Waals surface area contributed by atoms with Crippen molar-refractivity contribution in [1.29, 1.82) is 0 Å². The molecule has 0 aromatic heterocycles. The van der Waals surface area contributed by atoms with Crippen LogP contribution in [0, 0.1) is 0 Å². The second kappa shape index (κ2) is 8.48. The molecule has 1 fully saturated rings. The van der Waals surface area contributed by atoms with E-state index in [1.807, 2.05) is 6.07 Å². The van der Waals surface area contributed by atoms with Gasteiger partial charge in [0.1, 0.15) is 0 Å². The zero-order valence-corrected chi connectivity index (χ0v) is 13.2. The summed E-state index contributed by atoms with van der Waals surface area (Å²) >= 11 is 5.03. The molecule has 1 aromatic carbocycles. The number of hydrogen-bond donors (Lipinski definition) is 3. The van der Waals surface area contributed by atoms with Gasteiger partial charge in [0.2, 0.25) is 5.91 Å². The maximum absolute atomic E-state index is 11.9.